The molecule has 0 aliphatic carbocycles. The Balaban J connectivity index is 1.79. The Morgan fingerprint density at radius 2 is 1.68 bits per heavy atom. The summed E-state index contributed by atoms with van der Waals surface area (Å²) in [6, 6.07) is 13.4. The minimum atomic E-state index is -0.672. The van der Waals surface area contributed by atoms with E-state index < -0.39 is 5.54 Å². The van der Waals surface area contributed by atoms with Crippen molar-refractivity contribution in [2.45, 2.75) is 59.1 Å². The molecule has 34 heavy (non-hydrogen) atoms. The Labute approximate surface area is 201 Å². The van der Waals surface area contributed by atoms with Crippen LogP contribution in [-0.4, -0.2) is 30.8 Å². The summed E-state index contributed by atoms with van der Waals surface area (Å²) in [7, 11) is 1.59. The van der Waals surface area contributed by atoms with E-state index in [9.17, 15) is 4.91 Å². The van der Waals surface area contributed by atoms with Crippen molar-refractivity contribution in [3.63, 3.8) is 0 Å². The Bertz CT molecular complexity index is 1110. The van der Waals surface area contributed by atoms with Crippen molar-refractivity contribution in [3.8, 4) is 23.0 Å². The van der Waals surface area contributed by atoms with Crippen molar-refractivity contribution in [2.24, 2.45) is 5.18 Å². The number of ether oxygens (including phenoxy) is 4. The van der Waals surface area contributed by atoms with Crippen LogP contribution in [-0.2, 0) is 6.61 Å². The number of hydrogen-bond donors (Lipinski definition) is 0. The molecule has 0 radical (unpaired) electrons. The fourth-order valence-corrected chi connectivity index (χ4v) is 3.42. The first kappa shape index (κ1) is 25.3. The number of fused-ring (bicyclic) bond motifs is 1. The second kappa shape index (κ2) is 11.7. The summed E-state index contributed by atoms with van der Waals surface area (Å²) in [6.45, 7) is 9.02. The second-order valence-corrected chi connectivity index (χ2v) is 8.87. The number of methoxy groups -OCH3 is 1. The summed E-state index contributed by atoms with van der Waals surface area (Å²) in [5, 5.41) is 4.13. The van der Waals surface area contributed by atoms with E-state index in [1.54, 1.807) is 39.2 Å². The molecule has 0 N–H and O–H groups in total. The van der Waals surface area contributed by atoms with Crippen molar-refractivity contribution >= 4 is 10.9 Å². The Hall–Kier alpha value is -3.35. The highest BCUT2D eigenvalue weighted by atomic mass is 16.5. The van der Waals surface area contributed by atoms with Gasteiger partial charge in [-0.05, 0) is 39.3 Å². The number of para-hydroxylation sites is 1. The highest BCUT2D eigenvalue weighted by Crippen LogP contribution is 2.33. The number of rotatable bonds is 13. The molecule has 0 bridgehead atoms. The Morgan fingerprint density at radius 1 is 0.971 bits per heavy atom. The van der Waals surface area contributed by atoms with Gasteiger partial charge < -0.3 is 18.9 Å². The molecule has 0 aliphatic rings. The standard InChI is InChI=1S/C27H34N2O5/c1-6-7-13-33-26-19(2)25(28-24-11-9-8-10-23(24)26)18-34-22-16-20(31-5)15-21(17-22)32-14-12-27(3,4)29-30/h8-11,15-17H,6-7,12-14,18H2,1-5H3. The number of nitrogens with zero attached hydrogens (tertiary/aromatic N) is 2. The average molecular weight is 467 g/mol. The van der Waals surface area contributed by atoms with Gasteiger partial charge in [-0.3, -0.25) is 0 Å². The maximum absolute atomic E-state index is 10.9. The summed E-state index contributed by atoms with van der Waals surface area (Å²) < 4.78 is 23.5. The van der Waals surface area contributed by atoms with Gasteiger partial charge >= 0.3 is 0 Å². The topological polar surface area (TPSA) is 79.2 Å². The van der Waals surface area contributed by atoms with E-state index in [0.717, 1.165) is 40.8 Å². The maximum atomic E-state index is 10.9. The van der Waals surface area contributed by atoms with Crippen molar-refractivity contribution < 1.29 is 18.9 Å². The lowest BCUT2D eigenvalue weighted by molar-refractivity contribution is 0.265. The zero-order valence-corrected chi connectivity index (χ0v) is 20.7. The van der Waals surface area contributed by atoms with Gasteiger partial charge in [-0.25, -0.2) is 4.98 Å². The highest BCUT2D eigenvalue weighted by Gasteiger charge is 2.18. The molecule has 7 nitrogen and oxygen atoms in total. The Kier molecular flexibility index (Phi) is 8.68. The lowest BCUT2D eigenvalue weighted by Crippen LogP contribution is -2.19. The van der Waals surface area contributed by atoms with Crippen LogP contribution in [0, 0.1) is 11.8 Å². The van der Waals surface area contributed by atoms with E-state index in [0.29, 0.717) is 36.9 Å². The molecule has 7 heteroatoms. The zero-order chi connectivity index (χ0) is 24.6. The highest BCUT2D eigenvalue weighted by molar-refractivity contribution is 5.86. The first-order chi connectivity index (χ1) is 16.4. The predicted molar refractivity (Wildman–Crippen MR) is 134 cm³/mol. The van der Waals surface area contributed by atoms with E-state index in [-0.39, 0.29) is 6.61 Å². The van der Waals surface area contributed by atoms with Gasteiger partial charge in [-0.2, -0.15) is 4.91 Å². The van der Waals surface area contributed by atoms with Crippen LogP contribution in [0.1, 0.15) is 51.3 Å². The van der Waals surface area contributed by atoms with Gasteiger partial charge in [0.15, 0.2) is 0 Å². The number of pyridine rings is 1. The molecule has 0 aliphatic heterocycles. The van der Waals surface area contributed by atoms with Crippen LogP contribution in [0.5, 0.6) is 23.0 Å². The third-order valence-electron chi connectivity index (χ3n) is 5.62. The molecular formula is C27H34N2O5. The molecule has 1 heterocycles. The molecule has 0 spiro atoms. The first-order valence-corrected chi connectivity index (χ1v) is 11.7. The van der Waals surface area contributed by atoms with Gasteiger partial charge in [-0.1, -0.05) is 30.7 Å². The van der Waals surface area contributed by atoms with Crippen LogP contribution in [0.25, 0.3) is 10.9 Å². The average Bonchev–Trinajstić information content (AvgIpc) is 2.84. The van der Waals surface area contributed by atoms with Crippen molar-refractivity contribution in [2.75, 3.05) is 20.3 Å². The Morgan fingerprint density at radius 3 is 2.38 bits per heavy atom. The molecule has 0 saturated carbocycles. The van der Waals surface area contributed by atoms with Gasteiger partial charge in [0.1, 0.15) is 35.1 Å². The molecule has 1 aromatic heterocycles. The molecule has 0 fully saturated rings. The zero-order valence-electron chi connectivity index (χ0n) is 20.7. The van der Waals surface area contributed by atoms with Gasteiger partial charge in [-0.15, -0.1) is 0 Å². The number of hydrogen-bond acceptors (Lipinski definition) is 7. The molecule has 0 amide bonds. The van der Waals surface area contributed by atoms with Crippen LogP contribution >= 0.6 is 0 Å². The predicted octanol–water partition coefficient (Wildman–Crippen LogP) is 6.62. The molecule has 0 unspecified atom stereocenters. The first-order valence-electron chi connectivity index (χ1n) is 11.7. The third kappa shape index (κ3) is 6.59. The van der Waals surface area contributed by atoms with Crippen LogP contribution < -0.4 is 18.9 Å². The van der Waals surface area contributed by atoms with E-state index >= 15 is 0 Å². The summed E-state index contributed by atoms with van der Waals surface area (Å²) in [6.07, 6.45) is 2.57. The van der Waals surface area contributed by atoms with Crippen LogP contribution in [0.4, 0.5) is 0 Å². The second-order valence-electron chi connectivity index (χ2n) is 8.87. The molecule has 182 valence electrons. The normalized spacial score (nSPS) is 11.3. The monoisotopic (exact) mass is 466 g/mol. The third-order valence-corrected chi connectivity index (χ3v) is 5.62. The van der Waals surface area contributed by atoms with E-state index in [1.807, 2.05) is 31.2 Å². The minimum absolute atomic E-state index is 0.273. The van der Waals surface area contributed by atoms with Crippen molar-refractivity contribution in [1.82, 2.24) is 4.98 Å². The number of benzene rings is 2. The summed E-state index contributed by atoms with van der Waals surface area (Å²) in [5.74, 6) is 2.68. The SMILES string of the molecule is CCCCOc1c(C)c(COc2cc(OC)cc(OCCC(C)(C)N=O)c2)nc2ccccc12. The molecule has 3 aromatic rings. The van der Waals surface area contributed by atoms with Crippen LogP contribution in [0.15, 0.2) is 47.6 Å². The number of aromatic nitrogens is 1. The molecular weight excluding hydrogens is 432 g/mol. The van der Waals surface area contributed by atoms with E-state index in [1.165, 1.54) is 0 Å². The quantitative estimate of drug-likeness (QED) is 0.208. The summed E-state index contributed by atoms with van der Waals surface area (Å²) in [4.78, 5) is 15.7. The largest absolute Gasteiger partial charge is 0.496 e. The summed E-state index contributed by atoms with van der Waals surface area (Å²) in [5.41, 5.74) is 1.99. The van der Waals surface area contributed by atoms with E-state index in [4.69, 9.17) is 23.9 Å². The fourth-order valence-electron chi connectivity index (χ4n) is 3.42. The van der Waals surface area contributed by atoms with Crippen molar-refractivity contribution in [1.29, 1.82) is 0 Å². The van der Waals surface area contributed by atoms with Gasteiger partial charge in [0.2, 0.25) is 0 Å². The molecule has 3 rings (SSSR count). The van der Waals surface area contributed by atoms with Gasteiger partial charge in [0, 0.05) is 35.6 Å². The molecule has 0 saturated heterocycles. The fraction of sp³-hybridized carbons (Fsp3) is 0.444. The van der Waals surface area contributed by atoms with E-state index in [2.05, 4.69) is 12.1 Å². The lowest BCUT2D eigenvalue weighted by atomic mass is 10.0. The smallest absolute Gasteiger partial charge is 0.133 e. The lowest BCUT2D eigenvalue weighted by Gasteiger charge is -2.17. The number of unbranched alkanes of at least 4 members (excludes halogenated alkanes) is 1. The van der Waals surface area contributed by atoms with Crippen LogP contribution in [0.2, 0.25) is 0 Å². The van der Waals surface area contributed by atoms with Crippen molar-refractivity contribution in [3.05, 3.63) is 58.6 Å². The van der Waals surface area contributed by atoms with Gasteiger partial charge in [0.25, 0.3) is 0 Å². The molecule has 0 atom stereocenters. The number of nitroso groups, excluding NO2 is 1. The molecule has 2 aromatic carbocycles. The van der Waals surface area contributed by atoms with Gasteiger partial charge in [0.05, 0.1) is 31.5 Å². The minimum Gasteiger partial charge on any atom is -0.496 e. The summed E-state index contributed by atoms with van der Waals surface area (Å²) >= 11 is 0. The van der Waals surface area contributed by atoms with Crippen LogP contribution in [0.3, 0.4) is 0 Å². The maximum Gasteiger partial charge on any atom is 0.133 e.